The highest BCUT2D eigenvalue weighted by atomic mass is 35.5. The minimum atomic E-state index is -3.79. The van der Waals surface area contributed by atoms with Gasteiger partial charge in [-0.25, -0.2) is 13.2 Å². The van der Waals surface area contributed by atoms with Crippen molar-refractivity contribution in [3.63, 3.8) is 0 Å². The molecule has 1 atom stereocenters. The van der Waals surface area contributed by atoms with E-state index in [2.05, 4.69) is 0 Å². The monoisotopic (exact) mass is 421 g/mol. The molecule has 28 heavy (non-hydrogen) atoms. The van der Waals surface area contributed by atoms with Gasteiger partial charge in [0.25, 0.3) is 0 Å². The van der Waals surface area contributed by atoms with Gasteiger partial charge in [-0.3, -0.25) is 4.79 Å². The first-order valence-corrected chi connectivity index (χ1v) is 10.7. The van der Waals surface area contributed by atoms with E-state index in [1.807, 2.05) is 0 Å². The first-order chi connectivity index (χ1) is 13.3. The standard InChI is InChI=1S/C20H20ClNO5S/c1-14(19(23)15-7-3-2-4-8-15)27-20(24)16-9-10-17(21)18(13-16)28(25,26)22-11-5-6-12-22/h2-4,7-10,13-14H,5-6,11-12H2,1H3. The number of sulfonamides is 1. The highest BCUT2D eigenvalue weighted by molar-refractivity contribution is 7.89. The fraction of sp³-hybridized carbons (Fsp3) is 0.300. The van der Waals surface area contributed by atoms with Gasteiger partial charge in [-0.1, -0.05) is 41.9 Å². The van der Waals surface area contributed by atoms with Crippen molar-refractivity contribution in [2.24, 2.45) is 0 Å². The minimum absolute atomic E-state index is 0.0230. The summed E-state index contributed by atoms with van der Waals surface area (Å²) in [6, 6.07) is 12.4. The van der Waals surface area contributed by atoms with Crippen LogP contribution in [0.15, 0.2) is 53.4 Å². The van der Waals surface area contributed by atoms with Gasteiger partial charge in [0, 0.05) is 18.7 Å². The fourth-order valence-corrected chi connectivity index (χ4v) is 5.03. The smallest absolute Gasteiger partial charge is 0.338 e. The number of carbonyl (C=O) groups excluding carboxylic acids is 2. The third-order valence-electron chi connectivity index (χ3n) is 4.56. The van der Waals surface area contributed by atoms with E-state index < -0.39 is 22.1 Å². The van der Waals surface area contributed by atoms with Gasteiger partial charge in [0.1, 0.15) is 4.90 Å². The highest BCUT2D eigenvalue weighted by Gasteiger charge is 2.30. The molecule has 8 heteroatoms. The molecule has 0 bridgehead atoms. The van der Waals surface area contributed by atoms with E-state index in [-0.39, 0.29) is 21.3 Å². The summed E-state index contributed by atoms with van der Waals surface area (Å²) in [7, 11) is -3.79. The van der Waals surface area contributed by atoms with Crippen LogP contribution in [0.4, 0.5) is 0 Å². The third kappa shape index (κ3) is 4.27. The van der Waals surface area contributed by atoms with Crippen LogP contribution in [0.5, 0.6) is 0 Å². The van der Waals surface area contributed by atoms with Crippen LogP contribution in [0.3, 0.4) is 0 Å². The molecule has 0 spiro atoms. The summed E-state index contributed by atoms with van der Waals surface area (Å²) in [5.74, 6) is -1.13. The second-order valence-corrected chi connectivity index (χ2v) is 8.85. The summed E-state index contributed by atoms with van der Waals surface area (Å²) >= 11 is 6.09. The Bertz CT molecular complexity index is 985. The summed E-state index contributed by atoms with van der Waals surface area (Å²) in [6.07, 6.45) is 0.569. The molecule has 1 fully saturated rings. The molecule has 0 radical (unpaired) electrons. The zero-order chi connectivity index (χ0) is 20.3. The molecule has 1 heterocycles. The molecule has 0 saturated carbocycles. The van der Waals surface area contributed by atoms with Gasteiger partial charge in [0.2, 0.25) is 15.8 Å². The van der Waals surface area contributed by atoms with E-state index in [0.717, 1.165) is 12.8 Å². The zero-order valence-electron chi connectivity index (χ0n) is 15.3. The van der Waals surface area contributed by atoms with Crippen molar-refractivity contribution in [2.45, 2.75) is 30.8 Å². The van der Waals surface area contributed by atoms with Crippen LogP contribution in [-0.4, -0.2) is 43.7 Å². The molecule has 148 valence electrons. The van der Waals surface area contributed by atoms with Crippen molar-refractivity contribution in [1.29, 1.82) is 0 Å². The van der Waals surface area contributed by atoms with Crippen molar-refractivity contribution in [2.75, 3.05) is 13.1 Å². The lowest BCUT2D eigenvalue weighted by Crippen LogP contribution is -2.28. The van der Waals surface area contributed by atoms with Crippen LogP contribution >= 0.6 is 11.6 Å². The summed E-state index contributed by atoms with van der Waals surface area (Å²) in [5.41, 5.74) is 0.450. The minimum Gasteiger partial charge on any atom is -0.451 e. The number of hydrogen-bond donors (Lipinski definition) is 0. The molecule has 2 aromatic rings. The fourth-order valence-electron chi connectivity index (χ4n) is 3.01. The van der Waals surface area contributed by atoms with Gasteiger partial charge in [0.15, 0.2) is 6.10 Å². The van der Waals surface area contributed by atoms with Crippen LogP contribution in [0, 0.1) is 0 Å². The SMILES string of the molecule is CC(OC(=O)c1ccc(Cl)c(S(=O)(=O)N2CCCC2)c1)C(=O)c1ccccc1. The maximum atomic E-state index is 12.8. The van der Waals surface area contributed by atoms with Crippen molar-refractivity contribution < 1.29 is 22.7 Å². The lowest BCUT2D eigenvalue weighted by molar-refractivity contribution is 0.0318. The van der Waals surface area contributed by atoms with Crippen LogP contribution in [0.2, 0.25) is 5.02 Å². The summed E-state index contributed by atoms with van der Waals surface area (Å²) in [6.45, 7) is 2.33. The Balaban J connectivity index is 1.80. The lowest BCUT2D eigenvalue weighted by Gasteiger charge is -2.17. The Kier molecular flexibility index (Phi) is 6.17. The summed E-state index contributed by atoms with van der Waals surface area (Å²) < 4.78 is 32.2. The Morgan fingerprint density at radius 2 is 1.68 bits per heavy atom. The average Bonchev–Trinajstić information content (AvgIpc) is 3.24. The van der Waals surface area contributed by atoms with E-state index in [4.69, 9.17) is 16.3 Å². The normalized spacial score (nSPS) is 15.9. The van der Waals surface area contributed by atoms with Gasteiger partial charge >= 0.3 is 5.97 Å². The number of halogens is 1. The van der Waals surface area contributed by atoms with E-state index in [9.17, 15) is 18.0 Å². The number of ketones is 1. The van der Waals surface area contributed by atoms with Crippen molar-refractivity contribution in [1.82, 2.24) is 4.31 Å². The van der Waals surface area contributed by atoms with Gasteiger partial charge in [-0.2, -0.15) is 4.31 Å². The topological polar surface area (TPSA) is 80.8 Å². The number of nitrogens with zero attached hydrogens (tertiary/aromatic N) is 1. The molecule has 1 unspecified atom stereocenters. The molecule has 0 N–H and O–H groups in total. The van der Waals surface area contributed by atoms with E-state index >= 15 is 0 Å². The molecule has 1 saturated heterocycles. The summed E-state index contributed by atoms with van der Waals surface area (Å²) in [5, 5.41) is 0.0388. The van der Waals surface area contributed by atoms with Crippen molar-refractivity contribution in [3.05, 3.63) is 64.7 Å². The van der Waals surface area contributed by atoms with E-state index in [1.165, 1.54) is 29.4 Å². The lowest BCUT2D eigenvalue weighted by atomic mass is 10.1. The molecule has 2 aromatic carbocycles. The largest absolute Gasteiger partial charge is 0.451 e. The number of rotatable bonds is 6. The van der Waals surface area contributed by atoms with Crippen molar-refractivity contribution >= 4 is 33.4 Å². The average molecular weight is 422 g/mol. The Hall–Kier alpha value is -2.22. The van der Waals surface area contributed by atoms with Crippen LogP contribution < -0.4 is 0 Å². The highest BCUT2D eigenvalue weighted by Crippen LogP contribution is 2.28. The number of carbonyl (C=O) groups is 2. The quantitative estimate of drug-likeness (QED) is 0.526. The number of Topliss-reactive ketones (excluding diaryl/α,β-unsaturated/α-hetero) is 1. The van der Waals surface area contributed by atoms with Crippen LogP contribution in [-0.2, 0) is 14.8 Å². The third-order valence-corrected chi connectivity index (χ3v) is 6.94. The van der Waals surface area contributed by atoms with Gasteiger partial charge in [-0.05, 0) is 38.0 Å². The molecule has 0 aliphatic carbocycles. The second-order valence-electron chi connectivity index (χ2n) is 6.53. The van der Waals surface area contributed by atoms with E-state index in [1.54, 1.807) is 30.3 Å². The van der Waals surface area contributed by atoms with Crippen molar-refractivity contribution in [3.8, 4) is 0 Å². The molecule has 0 amide bonds. The molecule has 0 aromatic heterocycles. The van der Waals surface area contributed by atoms with Crippen LogP contribution in [0.1, 0.15) is 40.5 Å². The number of benzene rings is 2. The molecule has 3 rings (SSSR count). The maximum Gasteiger partial charge on any atom is 0.338 e. The van der Waals surface area contributed by atoms with Crippen LogP contribution in [0.25, 0.3) is 0 Å². The maximum absolute atomic E-state index is 12.8. The predicted octanol–water partition coefficient (Wildman–Crippen LogP) is 3.55. The zero-order valence-corrected chi connectivity index (χ0v) is 16.9. The molecular formula is C20H20ClNO5S. The van der Waals surface area contributed by atoms with Gasteiger partial charge < -0.3 is 4.74 Å². The Morgan fingerprint density at radius 1 is 1.04 bits per heavy atom. The first kappa shape index (κ1) is 20.5. The Morgan fingerprint density at radius 3 is 2.32 bits per heavy atom. The van der Waals surface area contributed by atoms with Gasteiger partial charge in [-0.15, -0.1) is 0 Å². The number of ether oxygens (including phenoxy) is 1. The number of esters is 1. The molecule has 1 aliphatic heterocycles. The number of hydrogen-bond acceptors (Lipinski definition) is 5. The van der Waals surface area contributed by atoms with Gasteiger partial charge in [0.05, 0.1) is 10.6 Å². The second kappa shape index (κ2) is 8.43. The molecule has 6 nitrogen and oxygen atoms in total. The molecular weight excluding hydrogens is 402 g/mol. The summed E-state index contributed by atoms with van der Waals surface area (Å²) in [4.78, 5) is 24.7. The Labute approximate surface area is 169 Å². The van der Waals surface area contributed by atoms with E-state index in [0.29, 0.717) is 18.7 Å². The first-order valence-electron chi connectivity index (χ1n) is 8.90. The molecule has 1 aliphatic rings. The predicted molar refractivity (Wildman–Crippen MR) is 105 cm³/mol.